The molecule has 0 atom stereocenters. The van der Waals surface area contributed by atoms with Crippen molar-refractivity contribution >= 4 is 17.7 Å². The van der Waals surface area contributed by atoms with Crippen LogP contribution in [0.1, 0.15) is 12.8 Å². The monoisotopic (exact) mass is 191 g/mol. The normalized spacial score (nSPS) is 9.83. The Morgan fingerprint density at radius 3 is 2.83 bits per heavy atom. The third-order valence-corrected chi connectivity index (χ3v) is 2.06. The molecule has 0 aliphatic carbocycles. The summed E-state index contributed by atoms with van der Waals surface area (Å²) in [6.45, 7) is 1.91. The number of carbonyl (C=O) groups is 1. The lowest BCUT2D eigenvalue weighted by Crippen LogP contribution is -2.19. The van der Waals surface area contributed by atoms with E-state index in [4.69, 9.17) is 0 Å². The molecule has 0 saturated carbocycles. The number of carbonyl (C=O) groups excluding carboxylic acids is 1. The molecule has 0 saturated heterocycles. The van der Waals surface area contributed by atoms with Gasteiger partial charge in [-0.2, -0.15) is 11.8 Å². The average Bonchev–Trinajstić information content (AvgIpc) is 2.10. The minimum absolute atomic E-state index is 0.123. The number of ether oxygens (including phenoxy) is 1. The van der Waals surface area contributed by atoms with Crippen LogP contribution in [0.3, 0.4) is 0 Å². The molecular weight excluding hydrogens is 174 g/mol. The standard InChI is InChI=1S/C8H17NO2S/c1-11-8(10)4-3-5-9-6-7-12-2/h9H,3-7H2,1-2H3. The van der Waals surface area contributed by atoms with E-state index in [1.165, 1.54) is 7.11 Å². The number of thioether (sulfide) groups is 1. The van der Waals surface area contributed by atoms with Crippen LogP contribution in [0.15, 0.2) is 0 Å². The molecule has 0 fully saturated rings. The highest BCUT2D eigenvalue weighted by Gasteiger charge is 1.97. The van der Waals surface area contributed by atoms with Gasteiger partial charge < -0.3 is 10.1 Å². The first kappa shape index (κ1) is 11.8. The van der Waals surface area contributed by atoms with Crippen LogP contribution in [0.2, 0.25) is 0 Å². The first-order valence-electron chi connectivity index (χ1n) is 4.07. The summed E-state index contributed by atoms with van der Waals surface area (Å²) >= 11 is 1.82. The van der Waals surface area contributed by atoms with E-state index in [2.05, 4.69) is 16.3 Å². The van der Waals surface area contributed by atoms with Gasteiger partial charge in [0, 0.05) is 18.7 Å². The molecule has 0 aliphatic rings. The van der Waals surface area contributed by atoms with E-state index in [9.17, 15) is 4.79 Å². The summed E-state index contributed by atoms with van der Waals surface area (Å²) in [6.07, 6.45) is 3.46. The third kappa shape index (κ3) is 7.88. The van der Waals surface area contributed by atoms with Crippen molar-refractivity contribution in [3.05, 3.63) is 0 Å². The third-order valence-electron chi connectivity index (χ3n) is 1.45. The van der Waals surface area contributed by atoms with Crippen LogP contribution in [-0.2, 0) is 9.53 Å². The summed E-state index contributed by atoms with van der Waals surface area (Å²) in [4.78, 5) is 10.6. The van der Waals surface area contributed by atoms with Crippen LogP contribution in [0.25, 0.3) is 0 Å². The summed E-state index contributed by atoms with van der Waals surface area (Å²) in [7, 11) is 1.42. The molecule has 0 spiro atoms. The molecule has 0 bridgehead atoms. The Bertz CT molecular complexity index is 120. The first-order valence-corrected chi connectivity index (χ1v) is 5.47. The van der Waals surface area contributed by atoms with Crippen molar-refractivity contribution in [1.82, 2.24) is 5.32 Å². The van der Waals surface area contributed by atoms with Gasteiger partial charge in [0.15, 0.2) is 0 Å². The summed E-state index contributed by atoms with van der Waals surface area (Å²) < 4.78 is 4.51. The Balaban J connectivity index is 2.95. The number of hydrogen-bond acceptors (Lipinski definition) is 4. The van der Waals surface area contributed by atoms with E-state index in [-0.39, 0.29) is 5.97 Å². The van der Waals surface area contributed by atoms with Crippen LogP contribution in [0.4, 0.5) is 0 Å². The number of methoxy groups -OCH3 is 1. The van der Waals surface area contributed by atoms with E-state index in [1.807, 2.05) is 11.8 Å². The van der Waals surface area contributed by atoms with Crippen LogP contribution in [0, 0.1) is 0 Å². The number of nitrogens with one attached hydrogen (secondary N) is 1. The Morgan fingerprint density at radius 1 is 1.50 bits per heavy atom. The van der Waals surface area contributed by atoms with Crippen molar-refractivity contribution in [3.63, 3.8) is 0 Å². The molecule has 0 aromatic heterocycles. The summed E-state index contributed by atoms with van der Waals surface area (Å²) in [5, 5.41) is 3.24. The Morgan fingerprint density at radius 2 is 2.25 bits per heavy atom. The Labute approximate surface area is 78.2 Å². The molecule has 12 heavy (non-hydrogen) atoms. The quantitative estimate of drug-likeness (QED) is 0.479. The molecule has 4 heteroatoms. The van der Waals surface area contributed by atoms with E-state index >= 15 is 0 Å². The average molecular weight is 191 g/mol. The number of rotatable bonds is 7. The molecule has 1 N–H and O–H groups in total. The highest BCUT2D eigenvalue weighted by Crippen LogP contribution is 1.90. The Kier molecular flexibility index (Phi) is 8.71. The molecule has 0 unspecified atom stereocenters. The summed E-state index contributed by atoms with van der Waals surface area (Å²) in [6, 6.07) is 0. The molecule has 0 rings (SSSR count). The molecular formula is C8H17NO2S. The van der Waals surface area contributed by atoms with Crippen LogP contribution >= 0.6 is 11.8 Å². The maximum absolute atomic E-state index is 10.6. The topological polar surface area (TPSA) is 38.3 Å². The fourth-order valence-electron chi connectivity index (χ4n) is 0.759. The second kappa shape index (κ2) is 8.87. The SMILES string of the molecule is COC(=O)CCCNCCSC. The Hall–Kier alpha value is -0.220. The van der Waals surface area contributed by atoms with Gasteiger partial charge in [0.05, 0.1) is 7.11 Å². The maximum Gasteiger partial charge on any atom is 0.305 e. The highest BCUT2D eigenvalue weighted by molar-refractivity contribution is 7.98. The van der Waals surface area contributed by atoms with Crippen molar-refractivity contribution in [2.24, 2.45) is 0 Å². The van der Waals surface area contributed by atoms with Crippen LogP contribution in [0.5, 0.6) is 0 Å². The van der Waals surface area contributed by atoms with Gasteiger partial charge in [0.25, 0.3) is 0 Å². The number of hydrogen-bond donors (Lipinski definition) is 1. The predicted molar refractivity (Wildman–Crippen MR) is 52.5 cm³/mol. The summed E-state index contributed by atoms with van der Waals surface area (Å²) in [5.74, 6) is 1.000. The lowest BCUT2D eigenvalue weighted by atomic mass is 10.3. The molecule has 0 aromatic carbocycles. The van der Waals surface area contributed by atoms with Gasteiger partial charge in [-0.15, -0.1) is 0 Å². The second-order valence-electron chi connectivity index (χ2n) is 2.42. The molecule has 0 aliphatic heterocycles. The highest BCUT2D eigenvalue weighted by atomic mass is 32.2. The largest absolute Gasteiger partial charge is 0.469 e. The van der Waals surface area contributed by atoms with Gasteiger partial charge in [-0.25, -0.2) is 0 Å². The van der Waals surface area contributed by atoms with Gasteiger partial charge in [-0.3, -0.25) is 4.79 Å². The van der Waals surface area contributed by atoms with Crippen molar-refractivity contribution in [1.29, 1.82) is 0 Å². The zero-order valence-electron chi connectivity index (χ0n) is 7.76. The first-order chi connectivity index (χ1) is 5.81. The molecule has 0 aromatic rings. The van der Waals surface area contributed by atoms with Gasteiger partial charge in [-0.05, 0) is 19.2 Å². The van der Waals surface area contributed by atoms with Crippen molar-refractivity contribution in [3.8, 4) is 0 Å². The zero-order valence-corrected chi connectivity index (χ0v) is 8.58. The van der Waals surface area contributed by atoms with Crippen LogP contribution in [-0.4, -0.2) is 38.2 Å². The lowest BCUT2D eigenvalue weighted by molar-refractivity contribution is -0.140. The van der Waals surface area contributed by atoms with Crippen LogP contribution < -0.4 is 5.32 Å². The molecule has 3 nitrogen and oxygen atoms in total. The van der Waals surface area contributed by atoms with E-state index < -0.39 is 0 Å². The molecule has 0 radical (unpaired) electrons. The van der Waals surface area contributed by atoms with Gasteiger partial charge in [0.1, 0.15) is 0 Å². The minimum Gasteiger partial charge on any atom is -0.469 e. The van der Waals surface area contributed by atoms with Crippen molar-refractivity contribution in [2.75, 3.05) is 32.2 Å². The smallest absolute Gasteiger partial charge is 0.305 e. The van der Waals surface area contributed by atoms with Gasteiger partial charge >= 0.3 is 5.97 Å². The second-order valence-corrected chi connectivity index (χ2v) is 3.41. The van der Waals surface area contributed by atoms with Crippen molar-refractivity contribution in [2.45, 2.75) is 12.8 Å². The lowest BCUT2D eigenvalue weighted by Gasteiger charge is -2.01. The predicted octanol–water partition coefficient (Wildman–Crippen LogP) is 0.892. The van der Waals surface area contributed by atoms with Gasteiger partial charge in [0.2, 0.25) is 0 Å². The van der Waals surface area contributed by atoms with E-state index in [0.717, 1.165) is 25.3 Å². The van der Waals surface area contributed by atoms with E-state index in [0.29, 0.717) is 6.42 Å². The fourth-order valence-corrected chi connectivity index (χ4v) is 1.11. The fraction of sp³-hybridized carbons (Fsp3) is 0.875. The van der Waals surface area contributed by atoms with Crippen molar-refractivity contribution < 1.29 is 9.53 Å². The minimum atomic E-state index is -0.123. The summed E-state index contributed by atoms with van der Waals surface area (Å²) in [5.41, 5.74) is 0. The molecule has 72 valence electrons. The zero-order chi connectivity index (χ0) is 9.23. The maximum atomic E-state index is 10.6. The van der Waals surface area contributed by atoms with E-state index in [1.54, 1.807) is 0 Å². The van der Waals surface area contributed by atoms with Gasteiger partial charge in [-0.1, -0.05) is 0 Å². The number of esters is 1. The molecule has 0 heterocycles. The molecule has 0 amide bonds.